The second-order valence-electron chi connectivity index (χ2n) is 11.5. The lowest BCUT2D eigenvalue weighted by atomic mass is 9.77. The van der Waals surface area contributed by atoms with Crippen molar-refractivity contribution in [3.63, 3.8) is 0 Å². The molecule has 48 heavy (non-hydrogen) atoms. The highest BCUT2D eigenvalue weighted by atomic mass is 35.5. The van der Waals surface area contributed by atoms with Gasteiger partial charge in [-0.2, -0.15) is 8.78 Å². The van der Waals surface area contributed by atoms with Gasteiger partial charge in [-0.3, -0.25) is 4.79 Å². The minimum Gasteiger partial charge on any atom is -0.859 e. The number of halogens is 4. The van der Waals surface area contributed by atoms with Crippen molar-refractivity contribution in [3.05, 3.63) is 117 Å². The summed E-state index contributed by atoms with van der Waals surface area (Å²) in [7, 11) is -3.90. The summed E-state index contributed by atoms with van der Waals surface area (Å²) in [5, 5.41) is 28.1. The fraction of sp³-hybridized carbons (Fsp3) is 0.303. The molecule has 1 saturated carbocycles. The molecule has 4 atom stereocenters. The van der Waals surface area contributed by atoms with Crippen LogP contribution in [0.1, 0.15) is 70.3 Å². The summed E-state index contributed by atoms with van der Waals surface area (Å²) in [6.45, 7) is 2.93. The quantitative estimate of drug-likeness (QED) is 0.146. The Balaban J connectivity index is 1.59. The normalized spacial score (nSPS) is 21.8. The molecule has 0 spiro atoms. The minimum atomic E-state index is -4.15. The largest absolute Gasteiger partial charge is 0.859 e. The van der Waals surface area contributed by atoms with E-state index in [1.807, 2.05) is 0 Å². The summed E-state index contributed by atoms with van der Waals surface area (Å²) in [6, 6.07) is 13.1. The van der Waals surface area contributed by atoms with E-state index in [2.05, 4.69) is 16.5 Å². The van der Waals surface area contributed by atoms with E-state index in [0.717, 1.165) is 17.5 Å². The molecule has 10 nitrogen and oxygen atoms in total. The van der Waals surface area contributed by atoms with Crippen LogP contribution in [0.2, 0.25) is 10.0 Å². The maximum absolute atomic E-state index is 14.4. The monoisotopic (exact) mass is 720 g/mol. The number of hydrogen-bond donors (Lipinski definition) is 2. The van der Waals surface area contributed by atoms with E-state index in [1.54, 1.807) is 36.4 Å². The van der Waals surface area contributed by atoms with Gasteiger partial charge in [-0.1, -0.05) is 85.1 Å². The zero-order valence-electron chi connectivity index (χ0n) is 25.2. The number of fused-ring (bicyclic) bond motifs is 1. The van der Waals surface area contributed by atoms with Crippen molar-refractivity contribution in [2.45, 2.75) is 62.3 Å². The first-order valence-corrected chi connectivity index (χ1v) is 17.1. The number of nitrogens with zero attached hydrogens (tertiary/aromatic N) is 2. The molecule has 15 heteroatoms. The summed E-state index contributed by atoms with van der Waals surface area (Å²) < 4.78 is 56.1. The standard InChI is InChI=1S/C33H31Cl2F2N3O7S/c1-2-48(45,46)39-26-12-5-6-13-27(26)40-29(24-15-14-21(34)17-25(24)35)28(22-10-3-4-11-23(22)31(40)42)30(41)38-47-18-19-8-7-9-20(16-19)33(36,37)32(43)44/h2-4,7-11,14-17,26-29,39H,1,5-6,12-13,18H2,(H,38,41)(H,43,44)/p-1/t26-,27-,28+,29-/m0/s1. The fourth-order valence-corrected chi connectivity index (χ4v) is 7.62. The Morgan fingerprint density at radius 2 is 1.83 bits per heavy atom. The maximum Gasteiger partial charge on any atom is 0.379 e. The number of carboxylic acids is 1. The van der Waals surface area contributed by atoms with E-state index in [0.29, 0.717) is 41.8 Å². The SMILES string of the molecule is C=CS(=O)(=O)N[C@H]1CCCC[C@@H]1N1C(=O)c2ccccc2[C@@H](C([O-])=NOCc2cccc(C(F)(F)C(=O)O)c2)[C@@H]1c1ccc(Cl)cc1Cl. The van der Waals surface area contributed by atoms with Crippen LogP contribution in [-0.2, 0) is 32.2 Å². The first kappa shape index (κ1) is 35.3. The lowest BCUT2D eigenvalue weighted by Gasteiger charge is -2.50. The Morgan fingerprint density at radius 1 is 1.10 bits per heavy atom. The van der Waals surface area contributed by atoms with E-state index in [1.165, 1.54) is 23.1 Å². The maximum atomic E-state index is 14.4. The molecule has 1 aliphatic carbocycles. The van der Waals surface area contributed by atoms with E-state index in [9.17, 15) is 31.9 Å². The molecule has 2 aliphatic rings. The third-order valence-electron chi connectivity index (χ3n) is 8.49. The van der Waals surface area contributed by atoms with Gasteiger partial charge in [-0.05, 0) is 53.8 Å². The molecule has 1 amide bonds. The number of hydrogen-bond acceptors (Lipinski definition) is 7. The Bertz CT molecular complexity index is 1880. The van der Waals surface area contributed by atoms with Crippen molar-refractivity contribution in [2.24, 2.45) is 5.16 Å². The molecule has 5 rings (SSSR count). The van der Waals surface area contributed by atoms with Gasteiger partial charge in [0.1, 0.15) is 6.61 Å². The van der Waals surface area contributed by atoms with Gasteiger partial charge in [0.15, 0.2) is 0 Å². The van der Waals surface area contributed by atoms with Crippen LogP contribution >= 0.6 is 23.2 Å². The third-order valence-corrected chi connectivity index (χ3v) is 10.1. The molecule has 1 fully saturated rings. The summed E-state index contributed by atoms with van der Waals surface area (Å²) in [4.78, 5) is 32.2. The van der Waals surface area contributed by atoms with Gasteiger partial charge in [0.25, 0.3) is 5.91 Å². The van der Waals surface area contributed by atoms with Crippen molar-refractivity contribution >= 4 is 51.0 Å². The molecule has 0 saturated heterocycles. The van der Waals surface area contributed by atoms with E-state index < -0.39 is 69.9 Å². The number of nitrogens with one attached hydrogen (secondary N) is 1. The van der Waals surface area contributed by atoms with Crippen molar-refractivity contribution in [1.29, 1.82) is 0 Å². The molecule has 0 bridgehead atoms. The molecule has 1 aliphatic heterocycles. The Labute approximate surface area is 285 Å². The number of carbonyl (C=O) groups is 2. The zero-order chi connectivity index (χ0) is 34.8. The smallest absolute Gasteiger partial charge is 0.379 e. The lowest BCUT2D eigenvalue weighted by Crippen LogP contribution is -2.59. The third kappa shape index (κ3) is 7.19. The molecular weight excluding hydrogens is 691 g/mol. The van der Waals surface area contributed by atoms with Crippen molar-refractivity contribution in [1.82, 2.24) is 9.62 Å². The van der Waals surface area contributed by atoms with Gasteiger partial charge < -0.3 is 20.0 Å². The number of sulfonamides is 1. The Morgan fingerprint density at radius 3 is 2.54 bits per heavy atom. The number of carboxylic acid groups (broad SMARTS) is 1. The highest BCUT2D eigenvalue weighted by Crippen LogP contribution is 2.48. The van der Waals surface area contributed by atoms with Crippen LogP contribution in [-0.4, -0.2) is 48.3 Å². The van der Waals surface area contributed by atoms with Crippen LogP contribution < -0.4 is 9.83 Å². The van der Waals surface area contributed by atoms with Gasteiger partial charge in [-0.15, -0.1) is 5.16 Å². The highest BCUT2D eigenvalue weighted by Gasteiger charge is 2.47. The van der Waals surface area contributed by atoms with Crippen LogP contribution in [0.3, 0.4) is 0 Å². The van der Waals surface area contributed by atoms with Gasteiger partial charge in [0, 0.05) is 50.5 Å². The number of rotatable bonds is 11. The first-order valence-electron chi connectivity index (χ1n) is 14.8. The van der Waals surface area contributed by atoms with Crippen LogP contribution in [0.5, 0.6) is 0 Å². The lowest BCUT2D eigenvalue weighted by molar-refractivity contribution is -0.227. The van der Waals surface area contributed by atoms with Crippen LogP contribution in [0.25, 0.3) is 0 Å². The molecule has 2 N–H and O–H groups in total. The highest BCUT2D eigenvalue weighted by molar-refractivity contribution is 7.92. The number of alkyl halides is 2. The van der Waals surface area contributed by atoms with E-state index in [4.69, 9.17) is 33.1 Å². The van der Waals surface area contributed by atoms with Crippen molar-refractivity contribution < 1.29 is 41.8 Å². The average molecular weight is 722 g/mol. The molecule has 3 aromatic carbocycles. The number of amides is 1. The Hall–Kier alpha value is -4.04. The summed E-state index contributed by atoms with van der Waals surface area (Å²) in [6.07, 6.45) is 2.19. The predicted molar refractivity (Wildman–Crippen MR) is 173 cm³/mol. The number of aliphatic carboxylic acids is 1. The molecule has 1 heterocycles. The number of oxime groups is 1. The molecule has 3 aromatic rings. The van der Waals surface area contributed by atoms with E-state index in [-0.39, 0.29) is 16.1 Å². The van der Waals surface area contributed by atoms with Gasteiger partial charge in [0.2, 0.25) is 10.0 Å². The minimum absolute atomic E-state index is 0.127. The first-order chi connectivity index (χ1) is 22.7. The average Bonchev–Trinajstić information content (AvgIpc) is 3.05. The van der Waals surface area contributed by atoms with E-state index >= 15 is 0 Å². The van der Waals surface area contributed by atoms with Crippen molar-refractivity contribution in [2.75, 3.05) is 0 Å². The van der Waals surface area contributed by atoms with Gasteiger partial charge in [0.05, 0.1) is 6.04 Å². The Kier molecular flexibility index (Phi) is 10.4. The summed E-state index contributed by atoms with van der Waals surface area (Å²) in [5.41, 5.74) is 0.241. The van der Waals surface area contributed by atoms with Gasteiger partial charge in [-0.25, -0.2) is 17.9 Å². The fourth-order valence-electron chi connectivity index (χ4n) is 6.30. The van der Waals surface area contributed by atoms with Crippen LogP contribution in [0.4, 0.5) is 8.78 Å². The van der Waals surface area contributed by atoms with Crippen LogP contribution in [0, 0.1) is 0 Å². The summed E-state index contributed by atoms with van der Waals surface area (Å²) >= 11 is 12.9. The molecule has 0 unspecified atom stereocenters. The molecule has 254 valence electrons. The topological polar surface area (TPSA) is 148 Å². The second-order valence-corrected chi connectivity index (χ2v) is 14.0. The van der Waals surface area contributed by atoms with Crippen LogP contribution in [0.15, 0.2) is 83.9 Å². The van der Waals surface area contributed by atoms with Crippen molar-refractivity contribution in [3.8, 4) is 0 Å². The molecule has 0 aromatic heterocycles. The summed E-state index contributed by atoms with van der Waals surface area (Å²) in [5.74, 6) is -8.94. The zero-order valence-corrected chi connectivity index (χ0v) is 27.5. The van der Waals surface area contributed by atoms with Gasteiger partial charge >= 0.3 is 11.9 Å². The second kappa shape index (κ2) is 14.2. The molecular formula is C33H30Cl2F2N3O7S-. The number of benzene rings is 3. The number of carbonyl (C=O) groups excluding carboxylic acids is 1. The molecule has 0 radical (unpaired) electrons. The predicted octanol–water partition coefficient (Wildman–Crippen LogP) is 5.72.